The van der Waals surface area contributed by atoms with Crippen LogP contribution in [0.15, 0.2) is 28.7 Å². The van der Waals surface area contributed by atoms with Crippen LogP contribution in [-0.4, -0.2) is 5.11 Å². The minimum atomic E-state index is -0.712. The molecule has 1 aromatic carbocycles. The van der Waals surface area contributed by atoms with Crippen molar-refractivity contribution in [3.63, 3.8) is 0 Å². The minimum absolute atomic E-state index is 0.712. The van der Waals surface area contributed by atoms with E-state index in [-0.39, 0.29) is 0 Å². The third kappa shape index (κ3) is 2.82. The van der Waals surface area contributed by atoms with Crippen LogP contribution >= 0.6 is 15.9 Å². The van der Waals surface area contributed by atoms with Crippen LogP contribution < -0.4 is 0 Å². The van der Waals surface area contributed by atoms with E-state index in [9.17, 15) is 5.11 Å². The van der Waals surface area contributed by atoms with Gasteiger partial charge in [0.2, 0.25) is 0 Å². The minimum Gasteiger partial charge on any atom is -0.385 e. The van der Waals surface area contributed by atoms with Crippen molar-refractivity contribution in [1.29, 1.82) is 0 Å². The molecule has 0 bridgehead atoms. The van der Waals surface area contributed by atoms with Crippen LogP contribution in [0, 0.1) is 0 Å². The lowest BCUT2D eigenvalue weighted by Gasteiger charge is -2.24. The van der Waals surface area contributed by atoms with E-state index in [2.05, 4.69) is 22.9 Å². The predicted molar refractivity (Wildman–Crippen MR) is 63.2 cm³/mol. The number of hydrogen-bond donors (Lipinski definition) is 1. The number of benzene rings is 1. The van der Waals surface area contributed by atoms with Crippen LogP contribution in [0.25, 0.3) is 0 Å². The van der Waals surface area contributed by atoms with Gasteiger partial charge in [-0.3, -0.25) is 0 Å². The van der Waals surface area contributed by atoms with Crippen molar-refractivity contribution in [1.82, 2.24) is 0 Å². The zero-order chi connectivity index (χ0) is 10.6. The van der Waals surface area contributed by atoms with Crippen molar-refractivity contribution < 1.29 is 5.11 Å². The molecule has 0 radical (unpaired) electrons. The summed E-state index contributed by atoms with van der Waals surface area (Å²) in [5, 5.41) is 10.3. The monoisotopic (exact) mass is 256 g/mol. The van der Waals surface area contributed by atoms with E-state index in [0.717, 1.165) is 29.3 Å². The first-order valence-corrected chi connectivity index (χ1v) is 5.84. The van der Waals surface area contributed by atoms with Gasteiger partial charge in [-0.1, -0.05) is 53.9 Å². The van der Waals surface area contributed by atoms with E-state index in [1.807, 2.05) is 31.2 Å². The van der Waals surface area contributed by atoms with Crippen LogP contribution in [0.2, 0.25) is 0 Å². The lowest BCUT2D eigenvalue weighted by atomic mass is 9.91. The number of aliphatic hydroxyl groups is 1. The molecule has 1 atom stereocenters. The molecule has 1 N–H and O–H groups in total. The molecule has 0 amide bonds. The summed E-state index contributed by atoms with van der Waals surface area (Å²) in [6.07, 6.45) is 2.97. The molecule has 0 spiro atoms. The molecule has 1 rings (SSSR count). The highest BCUT2D eigenvalue weighted by Gasteiger charge is 2.23. The van der Waals surface area contributed by atoms with E-state index >= 15 is 0 Å². The molecule has 0 saturated heterocycles. The summed E-state index contributed by atoms with van der Waals surface area (Å²) in [5.74, 6) is 0. The fraction of sp³-hybridized carbons (Fsp3) is 0.500. The largest absolute Gasteiger partial charge is 0.385 e. The van der Waals surface area contributed by atoms with Gasteiger partial charge in [0, 0.05) is 4.47 Å². The number of unbranched alkanes of at least 4 members (excludes halogenated alkanes) is 1. The first kappa shape index (κ1) is 11.7. The Morgan fingerprint density at radius 2 is 2.00 bits per heavy atom. The average Bonchev–Trinajstić information content (AvgIpc) is 2.15. The van der Waals surface area contributed by atoms with Crippen molar-refractivity contribution in [2.75, 3.05) is 0 Å². The Bertz CT molecular complexity index is 294. The smallest absolute Gasteiger partial charge is 0.0879 e. The van der Waals surface area contributed by atoms with E-state index < -0.39 is 5.60 Å². The van der Waals surface area contributed by atoms with Crippen molar-refractivity contribution in [2.45, 2.75) is 38.7 Å². The summed E-state index contributed by atoms with van der Waals surface area (Å²) in [4.78, 5) is 0. The van der Waals surface area contributed by atoms with Gasteiger partial charge in [0.05, 0.1) is 5.60 Å². The Kier molecular flexibility index (Phi) is 4.14. The fourth-order valence-electron chi connectivity index (χ4n) is 1.55. The zero-order valence-corrected chi connectivity index (χ0v) is 10.3. The van der Waals surface area contributed by atoms with Gasteiger partial charge < -0.3 is 5.11 Å². The SMILES string of the molecule is CCCCC(C)(O)c1ccccc1Br. The summed E-state index contributed by atoms with van der Waals surface area (Å²) in [6.45, 7) is 4.01. The Balaban J connectivity index is 2.86. The molecule has 0 fully saturated rings. The normalized spacial score (nSPS) is 15.1. The van der Waals surface area contributed by atoms with Crippen molar-refractivity contribution in [2.24, 2.45) is 0 Å². The van der Waals surface area contributed by atoms with Gasteiger partial charge in [-0.15, -0.1) is 0 Å². The predicted octanol–water partition coefficient (Wildman–Crippen LogP) is 3.85. The van der Waals surface area contributed by atoms with Crippen molar-refractivity contribution in [3.8, 4) is 0 Å². The highest BCUT2D eigenvalue weighted by atomic mass is 79.9. The Hall–Kier alpha value is -0.340. The van der Waals surface area contributed by atoms with Crippen molar-refractivity contribution >= 4 is 15.9 Å². The second-order valence-electron chi connectivity index (χ2n) is 3.86. The number of halogens is 1. The first-order valence-electron chi connectivity index (χ1n) is 5.05. The van der Waals surface area contributed by atoms with Gasteiger partial charge in [0.15, 0.2) is 0 Å². The highest BCUT2D eigenvalue weighted by molar-refractivity contribution is 9.10. The molecule has 1 unspecified atom stereocenters. The van der Waals surface area contributed by atoms with Crippen LogP contribution in [-0.2, 0) is 5.60 Å². The van der Waals surface area contributed by atoms with Crippen LogP contribution in [0.3, 0.4) is 0 Å². The second-order valence-corrected chi connectivity index (χ2v) is 4.71. The van der Waals surface area contributed by atoms with Gasteiger partial charge >= 0.3 is 0 Å². The highest BCUT2D eigenvalue weighted by Crippen LogP contribution is 2.31. The standard InChI is InChI=1S/C12H17BrO/c1-3-4-9-12(2,14)10-7-5-6-8-11(10)13/h5-8,14H,3-4,9H2,1-2H3. The third-order valence-corrected chi connectivity index (χ3v) is 3.16. The lowest BCUT2D eigenvalue weighted by Crippen LogP contribution is -2.21. The van der Waals surface area contributed by atoms with Gasteiger partial charge in [0.25, 0.3) is 0 Å². The average molecular weight is 257 g/mol. The Morgan fingerprint density at radius 3 is 2.57 bits per heavy atom. The number of rotatable bonds is 4. The summed E-state index contributed by atoms with van der Waals surface area (Å²) in [5.41, 5.74) is 0.268. The van der Waals surface area contributed by atoms with Gasteiger partial charge in [0.1, 0.15) is 0 Å². The summed E-state index contributed by atoms with van der Waals surface area (Å²) in [6, 6.07) is 7.86. The molecular formula is C12H17BrO. The molecule has 2 heteroatoms. The first-order chi connectivity index (χ1) is 6.58. The maximum Gasteiger partial charge on any atom is 0.0879 e. The van der Waals surface area contributed by atoms with E-state index in [0.29, 0.717) is 0 Å². The van der Waals surface area contributed by atoms with E-state index in [4.69, 9.17) is 0 Å². The third-order valence-electron chi connectivity index (χ3n) is 2.47. The van der Waals surface area contributed by atoms with Crippen LogP contribution in [0.4, 0.5) is 0 Å². The summed E-state index contributed by atoms with van der Waals surface area (Å²) < 4.78 is 0.987. The van der Waals surface area contributed by atoms with E-state index in [1.165, 1.54) is 0 Å². The quantitative estimate of drug-likeness (QED) is 0.868. The molecule has 1 nitrogen and oxygen atoms in total. The second kappa shape index (κ2) is 4.94. The lowest BCUT2D eigenvalue weighted by molar-refractivity contribution is 0.0446. The van der Waals surface area contributed by atoms with E-state index in [1.54, 1.807) is 0 Å². The van der Waals surface area contributed by atoms with Gasteiger partial charge in [-0.2, -0.15) is 0 Å². The summed E-state index contributed by atoms with van der Waals surface area (Å²) >= 11 is 3.46. The molecule has 0 aliphatic rings. The van der Waals surface area contributed by atoms with Crippen LogP contribution in [0.1, 0.15) is 38.7 Å². The molecule has 78 valence electrons. The summed E-state index contributed by atoms with van der Waals surface area (Å²) in [7, 11) is 0. The van der Waals surface area contributed by atoms with Gasteiger partial charge in [-0.05, 0) is 25.0 Å². The van der Waals surface area contributed by atoms with Crippen molar-refractivity contribution in [3.05, 3.63) is 34.3 Å². The molecule has 0 aromatic heterocycles. The molecular weight excluding hydrogens is 240 g/mol. The fourth-order valence-corrected chi connectivity index (χ4v) is 2.27. The topological polar surface area (TPSA) is 20.2 Å². The maximum atomic E-state index is 10.3. The molecule has 14 heavy (non-hydrogen) atoms. The molecule has 0 aliphatic carbocycles. The molecule has 0 saturated carbocycles. The Labute approximate surface area is 94.3 Å². The molecule has 0 aliphatic heterocycles. The molecule has 0 heterocycles. The zero-order valence-electron chi connectivity index (χ0n) is 8.76. The Morgan fingerprint density at radius 1 is 1.36 bits per heavy atom. The molecule has 1 aromatic rings. The van der Waals surface area contributed by atoms with Gasteiger partial charge in [-0.25, -0.2) is 0 Å². The maximum absolute atomic E-state index is 10.3. The van der Waals surface area contributed by atoms with Crippen LogP contribution in [0.5, 0.6) is 0 Å². The number of hydrogen-bond acceptors (Lipinski definition) is 1.